The zero-order valence-electron chi connectivity index (χ0n) is 9.38. The summed E-state index contributed by atoms with van der Waals surface area (Å²) in [6, 6.07) is 0. The fraction of sp³-hybridized carbons (Fsp3) is 1.00. The van der Waals surface area contributed by atoms with Crippen LogP contribution in [0.15, 0.2) is 0 Å². The Morgan fingerprint density at radius 3 is 2.93 bits per heavy atom. The molecule has 0 aromatic rings. The maximum Gasteiger partial charge on any atom is 0.0551 e. The van der Waals surface area contributed by atoms with E-state index in [0.717, 1.165) is 45.3 Å². The molecule has 2 fully saturated rings. The van der Waals surface area contributed by atoms with Crippen LogP contribution in [0.25, 0.3) is 0 Å². The lowest BCUT2D eigenvalue weighted by atomic mass is 9.80. The highest BCUT2D eigenvalue weighted by Crippen LogP contribution is 2.37. The number of hydrogen-bond acceptors (Lipinski definition) is 3. The van der Waals surface area contributed by atoms with E-state index < -0.39 is 0 Å². The van der Waals surface area contributed by atoms with Gasteiger partial charge in [0.15, 0.2) is 0 Å². The Morgan fingerprint density at radius 2 is 2.21 bits per heavy atom. The van der Waals surface area contributed by atoms with E-state index in [1.807, 2.05) is 0 Å². The zero-order valence-corrected chi connectivity index (χ0v) is 9.38. The van der Waals surface area contributed by atoms with Crippen molar-refractivity contribution in [2.45, 2.75) is 13.8 Å². The van der Waals surface area contributed by atoms with E-state index in [2.05, 4.69) is 24.1 Å². The van der Waals surface area contributed by atoms with Gasteiger partial charge in [-0.15, -0.1) is 0 Å². The highest BCUT2D eigenvalue weighted by molar-refractivity contribution is 5.00. The fourth-order valence-corrected chi connectivity index (χ4v) is 2.79. The summed E-state index contributed by atoms with van der Waals surface area (Å²) < 4.78 is 5.64. The molecule has 2 atom stereocenters. The minimum absolute atomic E-state index is 0.423. The van der Waals surface area contributed by atoms with Gasteiger partial charge in [-0.05, 0) is 13.1 Å². The Kier molecular flexibility index (Phi) is 3.10. The number of hydrogen-bond donors (Lipinski definition) is 1. The molecular weight excluding hydrogens is 176 g/mol. The van der Waals surface area contributed by atoms with Crippen LogP contribution in [0.4, 0.5) is 0 Å². The molecule has 2 rings (SSSR count). The van der Waals surface area contributed by atoms with Gasteiger partial charge in [0.05, 0.1) is 13.2 Å². The second-order valence-electron chi connectivity index (χ2n) is 4.67. The fourth-order valence-electron chi connectivity index (χ4n) is 2.79. The van der Waals surface area contributed by atoms with Crippen LogP contribution < -0.4 is 5.32 Å². The quantitative estimate of drug-likeness (QED) is 0.714. The average Bonchev–Trinajstić information content (AvgIpc) is 2.72. The first-order chi connectivity index (χ1) is 6.80. The molecule has 0 aliphatic carbocycles. The molecule has 0 aromatic heterocycles. The topological polar surface area (TPSA) is 24.5 Å². The maximum atomic E-state index is 5.64. The van der Waals surface area contributed by atoms with Crippen LogP contribution >= 0.6 is 0 Å². The van der Waals surface area contributed by atoms with E-state index in [0.29, 0.717) is 5.41 Å². The van der Waals surface area contributed by atoms with Crippen molar-refractivity contribution in [1.29, 1.82) is 0 Å². The second-order valence-corrected chi connectivity index (χ2v) is 4.67. The molecule has 0 bridgehead atoms. The summed E-state index contributed by atoms with van der Waals surface area (Å²) in [5, 5.41) is 3.51. The van der Waals surface area contributed by atoms with Crippen molar-refractivity contribution in [3.8, 4) is 0 Å². The average molecular weight is 198 g/mol. The molecule has 14 heavy (non-hydrogen) atoms. The minimum atomic E-state index is 0.423. The van der Waals surface area contributed by atoms with Crippen LogP contribution in [0.5, 0.6) is 0 Å². The van der Waals surface area contributed by atoms with E-state index >= 15 is 0 Å². The lowest BCUT2D eigenvalue weighted by molar-refractivity contribution is 0.118. The molecule has 3 nitrogen and oxygen atoms in total. The first kappa shape index (κ1) is 10.4. The Morgan fingerprint density at radius 1 is 1.43 bits per heavy atom. The minimum Gasteiger partial charge on any atom is -0.380 e. The summed E-state index contributed by atoms with van der Waals surface area (Å²) >= 11 is 0. The summed E-state index contributed by atoms with van der Waals surface area (Å²) in [5.41, 5.74) is 0.423. The number of nitrogens with zero attached hydrogens (tertiary/aromatic N) is 1. The summed E-state index contributed by atoms with van der Waals surface area (Å²) in [7, 11) is 0. The molecule has 2 saturated heterocycles. The van der Waals surface area contributed by atoms with Gasteiger partial charge < -0.3 is 15.0 Å². The van der Waals surface area contributed by atoms with Crippen molar-refractivity contribution in [3.05, 3.63) is 0 Å². The van der Waals surface area contributed by atoms with Crippen LogP contribution in [0.3, 0.4) is 0 Å². The molecule has 0 amide bonds. The highest BCUT2D eigenvalue weighted by atomic mass is 16.5. The van der Waals surface area contributed by atoms with Crippen LogP contribution in [-0.2, 0) is 4.74 Å². The van der Waals surface area contributed by atoms with Gasteiger partial charge >= 0.3 is 0 Å². The largest absolute Gasteiger partial charge is 0.380 e. The molecule has 2 unspecified atom stereocenters. The standard InChI is InChI=1S/C11H22N2O/c1-3-13(4-2)8-11-7-12-5-10(11)6-14-9-11/h10,12H,3-9H2,1-2H3. The Bertz CT molecular complexity index is 182. The Balaban J connectivity index is 2.00. The van der Waals surface area contributed by atoms with Crippen molar-refractivity contribution in [2.75, 3.05) is 45.9 Å². The lowest BCUT2D eigenvalue weighted by Crippen LogP contribution is -2.42. The number of rotatable bonds is 4. The van der Waals surface area contributed by atoms with E-state index in [4.69, 9.17) is 4.74 Å². The van der Waals surface area contributed by atoms with E-state index in [9.17, 15) is 0 Å². The van der Waals surface area contributed by atoms with Crippen LogP contribution in [-0.4, -0.2) is 50.8 Å². The smallest absolute Gasteiger partial charge is 0.0551 e. The molecule has 0 spiro atoms. The van der Waals surface area contributed by atoms with Gasteiger partial charge in [-0.1, -0.05) is 13.8 Å². The molecule has 0 aromatic carbocycles. The normalized spacial score (nSPS) is 36.6. The summed E-state index contributed by atoms with van der Waals surface area (Å²) in [5.74, 6) is 0.753. The monoisotopic (exact) mass is 198 g/mol. The number of fused-ring (bicyclic) bond motifs is 1. The van der Waals surface area contributed by atoms with Crippen LogP contribution in [0, 0.1) is 11.3 Å². The van der Waals surface area contributed by atoms with Gasteiger partial charge in [0.25, 0.3) is 0 Å². The van der Waals surface area contributed by atoms with Gasteiger partial charge in [-0.3, -0.25) is 0 Å². The van der Waals surface area contributed by atoms with Crippen molar-refractivity contribution < 1.29 is 4.74 Å². The van der Waals surface area contributed by atoms with Crippen LogP contribution in [0.1, 0.15) is 13.8 Å². The number of nitrogens with one attached hydrogen (secondary N) is 1. The first-order valence-corrected chi connectivity index (χ1v) is 5.81. The lowest BCUT2D eigenvalue weighted by Gasteiger charge is -2.32. The molecule has 0 radical (unpaired) electrons. The van der Waals surface area contributed by atoms with Crippen molar-refractivity contribution in [3.63, 3.8) is 0 Å². The van der Waals surface area contributed by atoms with Crippen molar-refractivity contribution in [1.82, 2.24) is 10.2 Å². The predicted molar refractivity (Wildman–Crippen MR) is 57.4 cm³/mol. The third-order valence-corrected chi connectivity index (χ3v) is 3.88. The molecule has 2 aliphatic rings. The van der Waals surface area contributed by atoms with E-state index in [-0.39, 0.29) is 0 Å². The Hall–Kier alpha value is -0.120. The zero-order chi connectivity index (χ0) is 10.0. The maximum absolute atomic E-state index is 5.64. The molecule has 0 saturated carbocycles. The van der Waals surface area contributed by atoms with Crippen LogP contribution in [0.2, 0.25) is 0 Å². The molecule has 2 aliphatic heterocycles. The molecular formula is C11H22N2O. The van der Waals surface area contributed by atoms with Gasteiger partial charge in [0, 0.05) is 31.0 Å². The van der Waals surface area contributed by atoms with Gasteiger partial charge in [-0.25, -0.2) is 0 Å². The molecule has 2 heterocycles. The number of ether oxygens (including phenoxy) is 1. The SMILES string of the molecule is CCN(CC)CC12CNCC1COC2. The van der Waals surface area contributed by atoms with Gasteiger partial charge in [0.1, 0.15) is 0 Å². The molecule has 82 valence electrons. The molecule has 3 heteroatoms. The van der Waals surface area contributed by atoms with E-state index in [1.54, 1.807) is 0 Å². The highest BCUT2D eigenvalue weighted by Gasteiger charge is 2.47. The molecule has 1 N–H and O–H groups in total. The third-order valence-electron chi connectivity index (χ3n) is 3.88. The third kappa shape index (κ3) is 1.69. The predicted octanol–water partition coefficient (Wildman–Crippen LogP) is 0.564. The van der Waals surface area contributed by atoms with E-state index in [1.165, 1.54) is 6.54 Å². The second kappa shape index (κ2) is 4.17. The van der Waals surface area contributed by atoms with Crippen molar-refractivity contribution in [2.24, 2.45) is 11.3 Å². The summed E-state index contributed by atoms with van der Waals surface area (Å²) in [6.07, 6.45) is 0. The first-order valence-electron chi connectivity index (χ1n) is 5.81. The van der Waals surface area contributed by atoms with Gasteiger partial charge in [-0.2, -0.15) is 0 Å². The summed E-state index contributed by atoms with van der Waals surface area (Å²) in [4.78, 5) is 2.52. The van der Waals surface area contributed by atoms with Crippen molar-refractivity contribution >= 4 is 0 Å². The Labute approximate surface area is 86.8 Å². The van der Waals surface area contributed by atoms with Gasteiger partial charge in [0.2, 0.25) is 0 Å². The summed E-state index contributed by atoms with van der Waals surface area (Å²) in [6.45, 7) is 12.2.